The van der Waals surface area contributed by atoms with Crippen LogP contribution in [0.2, 0.25) is 0 Å². The Kier molecular flexibility index (Phi) is 43.5. The van der Waals surface area contributed by atoms with E-state index in [1.165, 1.54) is 180 Å². The quantitative estimate of drug-likeness (QED) is 0.0496. The van der Waals surface area contributed by atoms with Crippen molar-refractivity contribution in [2.24, 2.45) is 11.8 Å². The van der Waals surface area contributed by atoms with E-state index in [2.05, 4.69) is 32.6 Å². The van der Waals surface area contributed by atoms with E-state index in [1.807, 2.05) is 0 Å². The smallest absolute Gasteiger partial charge is 0.308 e. The van der Waals surface area contributed by atoms with E-state index in [0.717, 1.165) is 77.2 Å². The number of ether oxygens (including phenoxy) is 2. The lowest BCUT2D eigenvalue weighted by Crippen LogP contribution is -2.27. The zero-order valence-electron chi connectivity index (χ0n) is 36.8. The maximum Gasteiger partial charge on any atom is 0.308 e. The normalized spacial score (nSPS) is 12.9. The second kappa shape index (κ2) is 44.1. The van der Waals surface area contributed by atoms with Crippen LogP contribution in [0.25, 0.3) is 0 Å². The molecule has 5 heteroatoms. The Morgan fingerprint density at radius 2 is 0.830 bits per heavy atom. The molecule has 0 aromatic heterocycles. The third-order valence-electron chi connectivity index (χ3n) is 11.4. The van der Waals surface area contributed by atoms with Crippen molar-refractivity contribution in [2.45, 2.75) is 246 Å². The minimum absolute atomic E-state index is 0.0715. The van der Waals surface area contributed by atoms with Gasteiger partial charge in [-0.1, -0.05) is 182 Å². The molecule has 0 spiro atoms. The number of carbonyl (C=O) groups excluding carboxylic acids is 1. The van der Waals surface area contributed by atoms with Gasteiger partial charge in [0.05, 0.1) is 12.5 Å². The van der Waals surface area contributed by atoms with Crippen molar-refractivity contribution in [3.05, 3.63) is 0 Å². The number of hydrogen-bond donors (Lipinski definition) is 1. The Morgan fingerprint density at radius 1 is 0.453 bits per heavy atom. The molecule has 5 nitrogen and oxygen atoms in total. The fraction of sp³-hybridized carbons (Fsp3) is 0.979. The first kappa shape index (κ1) is 52.3. The molecule has 0 aliphatic carbocycles. The predicted octanol–water partition coefficient (Wildman–Crippen LogP) is 14.4. The van der Waals surface area contributed by atoms with Crippen LogP contribution in [0.5, 0.6) is 0 Å². The van der Waals surface area contributed by atoms with Crippen molar-refractivity contribution in [3.8, 4) is 0 Å². The highest BCUT2D eigenvalue weighted by atomic mass is 16.5. The summed E-state index contributed by atoms with van der Waals surface area (Å²) in [6.07, 6.45) is 42.6. The maximum absolute atomic E-state index is 13.0. The highest BCUT2D eigenvalue weighted by molar-refractivity contribution is 5.72. The first-order valence-corrected chi connectivity index (χ1v) is 24.2. The molecule has 0 radical (unpaired) electrons. The Balaban J connectivity index is 4.26. The number of aliphatic hydroxyl groups excluding tert-OH is 1. The van der Waals surface area contributed by atoms with Crippen molar-refractivity contribution in [2.75, 3.05) is 46.1 Å². The number of carbonyl (C=O) groups is 1. The van der Waals surface area contributed by atoms with E-state index in [-0.39, 0.29) is 11.9 Å². The molecule has 318 valence electrons. The number of rotatable bonds is 45. The van der Waals surface area contributed by atoms with E-state index in [1.54, 1.807) is 0 Å². The Hall–Kier alpha value is -0.650. The third kappa shape index (κ3) is 38.0. The lowest BCUT2D eigenvalue weighted by atomic mass is 9.94. The lowest BCUT2D eigenvalue weighted by Gasteiger charge is -2.22. The molecule has 0 fully saturated rings. The SMILES string of the molecule is CCCCCCCCC(CCCCCC)COCCCCCCN(CCCCO)CCCCCCOC(=O)C(CCCCCC)CCCCCCCC. The predicted molar refractivity (Wildman–Crippen MR) is 232 cm³/mol. The van der Waals surface area contributed by atoms with Crippen LogP contribution < -0.4 is 0 Å². The highest BCUT2D eigenvalue weighted by Crippen LogP contribution is 2.22. The van der Waals surface area contributed by atoms with Crippen molar-refractivity contribution in [3.63, 3.8) is 0 Å². The van der Waals surface area contributed by atoms with Gasteiger partial charge in [0.2, 0.25) is 0 Å². The van der Waals surface area contributed by atoms with Crippen LogP contribution in [-0.2, 0) is 14.3 Å². The van der Waals surface area contributed by atoms with Crippen LogP contribution in [0.3, 0.4) is 0 Å². The van der Waals surface area contributed by atoms with Crippen molar-refractivity contribution in [1.82, 2.24) is 4.90 Å². The zero-order chi connectivity index (χ0) is 38.7. The molecule has 2 atom stereocenters. The maximum atomic E-state index is 13.0. The molecule has 0 heterocycles. The zero-order valence-corrected chi connectivity index (χ0v) is 36.8. The van der Waals surface area contributed by atoms with E-state index >= 15 is 0 Å². The van der Waals surface area contributed by atoms with Gasteiger partial charge < -0.3 is 19.5 Å². The molecule has 1 N–H and O–H groups in total. The molecule has 0 bridgehead atoms. The summed E-state index contributed by atoms with van der Waals surface area (Å²) in [6.45, 7) is 15.3. The number of unbranched alkanes of at least 4 members (excludes halogenated alkanes) is 23. The minimum Gasteiger partial charge on any atom is -0.465 e. The molecular weight excluding hydrogens is 655 g/mol. The van der Waals surface area contributed by atoms with Crippen molar-refractivity contribution < 1.29 is 19.4 Å². The van der Waals surface area contributed by atoms with Gasteiger partial charge in [-0.15, -0.1) is 0 Å². The van der Waals surface area contributed by atoms with Gasteiger partial charge >= 0.3 is 5.97 Å². The fourth-order valence-corrected chi connectivity index (χ4v) is 7.76. The minimum atomic E-state index is 0.0715. The molecule has 0 aliphatic heterocycles. The van der Waals surface area contributed by atoms with Crippen LogP contribution in [0, 0.1) is 11.8 Å². The molecule has 0 rings (SSSR count). The Labute approximate surface area is 333 Å². The van der Waals surface area contributed by atoms with Gasteiger partial charge in [-0.2, -0.15) is 0 Å². The topological polar surface area (TPSA) is 59.0 Å². The molecule has 2 unspecified atom stereocenters. The molecular formula is C48H97NO4. The second-order valence-corrected chi connectivity index (χ2v) is 16.7. The molecule has 0 saturated carbocycles. The van der Waals surface area contributed by atoms with E-state index < -0.39 is 0 Å². The van der Waals surface area contributed by atoms with E-state index in [9.17, 15) is 9.90 Å². The number of nitrogens with zero attached hydrogens (tertiary/aromatic N) is 1. The molecule has 0 aliphatic rings. The average Bonchev–Trinajstić information content (AvgIpc) is 3.16. The van der Waals surface area contributed by atoms with E-state index in [4.69, 9.17) is 9.47 Å². The number of hydrogen-bond acceptors (Lipinski definition) is 5. The summed E-state index contributed by atoms with van der Waals surface area (Å²) in [5.41, 5.74) is 0. The molecule has 53 heavy (non-hydrogen) atoms. The summed E-state index contributed by atoms with van der Waals surface area (Å²) in [5, 5.41) is 9.33. The van der Waals surface area contributed by atoms with Crippen molar-refractivity contribution in [1.29, 1.82) is 0 Å². The van der Waals surface area contributed by atoms with Crippen LogP contribution in [-0.4, -0.2) is 62.0 Å². The summed E-state index contributed by atoms with van der Waals surface area (Å²) in [6, 6.07) is 0. The Morgan fingerprint density at radius 3 is 1.32 bits per heavy atom. The first-order chi connectivity index (χ1) is 26.1. The highest BCUT2D eigenvalue weighted by Gasteiger charge is 2.19. The van der Waals surface area contributed by atoms with Gasteiger partial charge in [-0.3, -0.25) is 4.79 Å². The van der Waals surface area contributed by atoms with Crippen LogP contribution in [0.1, 0.15) is 246 Å². The monoisotopic (exact) mass is 752 g/mol. The summed E-state index contributed by atoms with van der Waals surface area (Å²) in [4.78, 5) is 15.6. The lowest BCUT2D eigenvalue weighted by molar-refractivity contribution is -0.149. The van der Waals surface area contributed by atoms with Crippen LogP contribution >= 0.6 is 0 Å². The average molecular weight is 752 g/mol. The molecule has 0 saturated heterocycles. The second-order valence-electron chi connectivity index (χ2n) is 16.7. The van der Waals surface area contributed by atoms with E-state index in [0.29, 0.717) is 13.2 Å². The van der Waals surface area contributed by atoms with Gasteiger partial charge in [-0.25, -0.2) is 0 Å². The van der Waals surface area contributed by atoms with Gasteiger partial charge in [0.1, 0.15) is 0 Å². The van der Waals surface area contributed by atoms with Gasteiger partial charge in [0.15, 0.2) is 0 Å². The fourth-order valence-electron chi connectivity index (χ4n) is 7.76. The number of aliphatic hydroxyl groups is 1. The standard InChI is InChI=1S/C48H97NO4/c1-5-9-13-17-19-26-36-46(35-25-15-11-7-3)45-52-43-33-23-21-29-39-49(41-31-32-42-50)40-30-22-24-34-44-53-48(51)47(37-27-16-12-8-4)38-28-20-18-14-10-6-2/h46-47,50H,5-45H2,1-4H3. The van der Waals surface area contributed by atoms with Gasteiger partial charge in [0, 0.05) is 19.8 Å². The van der Waals surface area contributed by atoms with Crippen molar-refractivity contribution >= 4 is 5.97 Å². The summed E-state index contributed by atoms with van der Waals surface area (Å²) in [5.74, 6) is 0.940. The van der Waals surface area contributed by atoms with Crippen LogP contribution in [0.15, 0.2) is 0 Å². The molecule has 0 amide bonds. The van der Waals surface area contributed by atoms with Crippen LogP contribution in [0.4, 0.5) is 0 Å². The number of esters is 1. The summed E-state index contributed by atoms with van der Waals surface area (Å²) >= 11 is 0. The first-order valence-electron chi connectivity index (χ1n) is 24.2. The summed E-state index contributed by atoms with van der Waals surface area (Å²) in [7, 11) is 0. The van der Waals surface area contributed by atoms with Gasteiger partial charge in [0.25, 0.3) is 0 Å². The third-order valence-corrected chi connectivity index (χ3v) is 11.4. The largest absolute Gasteiger partial charge is 0.465 e. The summed E-state index contributed by atoms with van der Waals surface area (Å²) < 4.78 is 12.1. The Bertz CT molecular complexity index is 703. The van der Waals surface area contributed by atoms with Gasteiger partial charge in [-0.05, 0) is 89.8 Å². The molecule has 0 aromatic carbocycles. The molecule has 0 aromatic rings.